The Morgan fingerprint density at radius 3 is 2.56 bits per heavy atom. The van der Waals surface area contributed by atoms with E-state index in [2.05, 4.69) is 17.8 Å². The zero-order valence-corrected chi connectivity index (χ0v) is 17.8. The number of rotatable bonds is 10. The highest BCUT2D eigenvalue weighted by Crippen LogP contribution is 2.34. The summed E-state index contributed by atoms with van der Waals surface area (Å²) < 4.78 is 24.7. The molecular weight excluding hydrogens is 407 g/mol. The summed E-state index contributed by atoms with van der Waals surface area (Å²) in [6, 6.07) is 19.2. The summed E-state index contributed by atoms with van der Waals surface area (Å²) >= 11 is 0. The Kier molecular flexibility index (Phi) is 7.99. The van der Waals surface area contributed by atoms with Crippen LogP contribution in [0.5, 0.6) is 11.5 Å². The van der Waals surface area contributed by atoms with Crippen molar-refractivity contribution >= 4 is 6.21 Å². The van der Waals surface area contributed by atoms with Crippen molar-refractivity contribution in [1.82, 2.24) is 0 Å². The van der Waals surface area contributed by atoms with Gasteiger partial charge in [0, 0.05) is 16.7 Å². The molecule has 0 atom stereocenters. The van der Waals surface area contributed by atoms with Crippen LogP contribution in [-0.2, 0) is 24.5 Å². The average molecular weight is 430 g/mol. The van der Waals surface area contributed by atoms with Gasteiger partial charge in [-0.1, -0.05) is 41.6 Å². The standard InChI is InChI=1S/C26H23FN2O3/c1-3-6-21-13-20(16-29-32-18-23-8-5-4-7-22(23)15-28)14-25(30-2)26(21)31-17-19-9-11-24(27)12-10-19/h3-5,7-14,16H,1,6,17-18H2,2H3/b29-16-. The van der Waals surface area contributed by atoms with Crippen LogP contribution in [0, 0.1) is 17.1 Å². The van der Waals surface area contributed by atoms with Crippen molar-refractivity contribution < 1.29 is 18.7 Å². The lowest BCUT2D eigenvalue weighted by Gasteiger charge is -2.16. The molecule has 0 radical (unpaired) electrons. The predicted molar refractivity (Wildman–Crippen MR) is 121 cm³/mol. The Bertz CT molecular complexity index is 1130. The molecule has 5 nitrogen and oxygen atoms in total. The van der Waals surface area contributed by atoms with E-state index in [0.717, 1.165) is 22.3 Å². The first-order chi connectivity index (χ1) is 15.6. The fourth-order valence-electron chi connectivity index (χ4n) is 3.08. The highest BCUT2D eigenvalue weighted by Gasteiger charge is 2.13. The van der Waals surface area contributed by atoms with Gasteiger partial charge in [-0.3, -0.25) is 0 Å². The third kappa shape index (κ3) is 5.96. The van der Waals surface area contributed by atoms with Crippen LogP contribution < -0.4 is 9.47 Å². The molecule has 3 aromatic carbocycles. The van der Waals surface area contributed by atoms with Gasteiger partial charge in [0.15, 0.2) is 11.5 Å². The van der Waals surface area contributed by atoms with Crippen LogP contribution >= 0.6 is 0 Å². The summed E-state index contributed by atoms with van der Waals surface area (Å²) in [5.41, 5.74) is 3.80. The highest BCUT2D eigenvalue weighted by atomic mass is 19.1. The van der Waals surface area contributed by atoms with Gasteiger partial charge in [-0.05, 0) is 42.3 Å². The molecule has 162 valence electrons. The molecule has 0 amide bonds. The number of oxime groups is 1. The van der Waals surface area contributed by atoms with Gasteiger partial charge in [0.25, 0.3) is 0 Å². The molecule has 0 aliphatic rings. The predicted octanol–water partition coefficient (Wildman–Crippen LogP) is 5.56. The number of benzene rings is 3. The molecule has 0 bridgehead atoms. The summed E-state index contributed by atoms with van der Waals surface area (Å²) in [6.45, 7) is 4.28. The summed E-state index contributed by atoms with van der Waals surface area (Å²) in [4.78, 5) is 5.38. The first kappa shape index (κ1) is 22.6. The fraction of sp³-hybridized carbons (Fsp3) is 0.154. The summed E-state index contributed by atoms with van der Waals surface area (Å²) in [7, 11) is 1.56. The molecule has 0 N–H and O–H groups in total. The van der Waals surface area contributed by atoms with E-state index in [9.17, 15) is 4.39 Å². The van der Waals surface area contributed by atoms with Crippen molar-refractivity contribution in [3.8, 4) is 17.6 Å². The number of ether oxygens (including phenoxy) is 2. The van der Waals surface area contributed by atoms with Gasteiger partial charge >= 0.3 is 0 Å². The number of hydrogen-bond donors (Lipinski definition) is 0. The zero-order chi connectivity index (χ0) is 22.8. The summed E-state index contributed by atoms with van der Waals surface area (Å²) in [6.07, 6.45) is 3.91. The molecule has 0 spiro atoms. The van der Waals surface area contributed by atoms with E-state index in [1.54, 1.807) is 49.7 Å². The second-order valence-corrected chi connectivity index (χ2v) is 6.90. The number of halogens is 1. The molecule has 0 saturated heterocycles. The van der Waals surface area contributed by atoms with Crippen molar-refractivity contribution in [1.29, 1.82) is 5.26 Å². The van der Waals surface area contributed by atoms with Crippen LogP contribution in [-0.4, -0.2) is 13.3 Å². The maximum atomic E-state index is 13.1. The molecule has 3 rings (SSSR count). The van der Waals surface area contributed by atoms with E-state index in [4.69, 9.17) is 19.6 Å². The Labute approximate surface area is 187 Å². The Hall–Kier alpha value is -4.11. The Balaban J connectivity index is 1.74. The minimum absolute atomic E-state index is 0.190. The van der Waals surface area contributed by atoms with Crippen molar-refractivity contribution in [2.75, 3.05) is 7.11 Å². The molecule has 6 heteroatoms. The molecule has 0 aliphatic heterocycles. The summed E-state index contributed by atoms with van der Waals surface area (Å²) in [5.74, 6) is 0.848. The second-order valence-electron chi connectivity index (χ2n) is 6.90. The number of methoxy groups -OCH3 is 1. The van der Waals surface area contributed by atoms with Gasteiger partial charge in [0.2, 0.25) is 0 Å². The third-order valence-electron chi connectivity index (χ3n) is 4.67. The molecule has 0 aromatic heterocycles. The lowest BCUT2D eigenvalue weighted by atomic mass is 10.1. The largest absolute Gasteiger partial charge is 0.493 e. The Morgan fingerprint density at radius 1 is 1.06 bits per heavy atom. The van der Waals surface area contributed by atoms with Crippen molar-refractivity contribution in [3.05, 3.63) is 107 Å². The first-order valence-corrected chi connectivity index (χ1v) is 9.97. The lowest BCUT2D eigenvalue weighted by Crippen LogP contribution is -2.02. The van der Waals surface area contributed by atoms with E-state index >= 15 is 0 Å². The van der Waals surface area contributed by atoms with Crippen LogP contribution in [0.2, 0.25) is 0 Å². The van der Waals surface area contributed by atoms with Crippen molar-refractivity contribution in [2.24, 2.45) is 5.16 Å². The molecule has 0 saturated carbocycles. The SMILES string of the molecule is C=CCc1cc(/C=N\OCc2ccccc2C#N)cc(OC)c1OCc1ccc(F)cc1. The molecular formula is C26H23FN2O3. The van der Waals surface area contributed by atoms with E-state index in [0.29, 0.717) is 23.5 Å². The fourth-order valence-corrected chi connectivity index (χ4v) is 3.08. The van der Waals surface area contributed by atoms with E-state index in [1.807, 2.05) is 18.2 Å². The van der Waals surface area contributed by atoms with Gasteiger partial charge in [-0.25, -0.2) is 4.39 Å². The van der Waals surface area contributed by atoms with Crippen LogP contribution in [0.3, 0.4) is 0 Å². The molecule has 0 aliphatic carbocycles. The normalized spacial score (nSPS) is 10.5. The molecule has 0 fully saturated rings. The van der Waals surface area contributed by atoms with Gasteiger partial charge in [-0.2, -0.15) is 5.26 Å². The number of nitrogens with zero attached hydrogens (tertiary/aromatic N) is 2. The molecule has 3 aromatic rings. The van der Waals surface area contributed by atoms with Crippen LogP contribution in [0.25, 0.3) is 0 Å². The quantitative estimate of drug-likeness (QED) is 0.240. The zero-order valence-electron chi connectivity index (χ0n) is 17.8. The minimum atomic E-state index is -0.291. The number of allylic oxidation sites excluding steroid dienone is 1. The highest BCUT2D eigenvalue weighted by molar-refractivity contribution is 5.81. The maximum Gasteiger partial charge on any atom is 0.165 e. The van der Waals surface area contributed by atoms with Crippen LogP contribution in [0.1, 0.15) is 27.8 Å². The molecule has 0 heterocycles. The lowest BCUT2D eigenvalue weighted by molar-refractivity contribution is 0.132. The van der Waals surface area contributed by atoms with E-state index < -0.39 is 0 Å². The van der Waals surface area contributed by atoms with Gasteiger partial charge in [0.05, 0.1) is 25.0 Å². The Morgan fingerprint density at radius 2 is 1.84 bits per heavy atom. The topological polar surface area (TPSA) is 63.8 Å². The van der Waals surface area contributed by atoms with E-state index in [-0.39, 0.29) is 19.0 Å². The van der Waals surface area contributed by atoms with Crippen LogP contribution in [0.15, 0.2) is 78.5 Å². The van der Waals surface area contributed by atoms with Gasteiger partial charge in [-0.15, -0.1) is 6.58 Å². The second kappa shape index (κ2) is 11.3. The third-order valence-corrected chi connectivity index (χ3v) is 4.67. The first-order valence-electron chi connectivity index (χ1n) is 9.97. The average Bonchev–Trinajstić information content (AvgIpc) is 2.82. The maximum absolute atomic E-state index is 13.1. The summed E-state index contributed by atoms with van der Waals surface area (Å²) in [5, 5.41) is 13.2. The minimum Gasteiger partial charge on any atom is -0.493 e. The molecule has 0 unspecified atom stereocenters. The van der Waals surface area contributed by atoms with Crippen molar-refractivity contribution in [3.63, 3.8) is 0 Å². The number of nitriles is 1. The van der Waals surface area contributed by atoms with Crippen LogP contribution in [0.4, 0.5) is 4.39 Å². The van der Waals surface area contributed by atoms with Gasteiger partial charge < -0.3 is 14.3 Å². The van der Waals surface area contributed by atoms with E-state index in [1.165, 1.54) is 12.1 Å². The number of hydrogen-bond acceptors (Lipinski definition) is 5. The molecule has 32 heavy (non-hydrogen) atoms. The van der Waals surface area contributed by atoms with Crippen molar-refractivity contribution in [2.45, 2.75) is 19.6 Å². The van der Waals surface area contributed by atoms with Gasteiger partial charge in [0.1, 0.15) is 19.0 Å². The monoisotopic (exact) mass is 430 g/mol. The smallest absolute Gasteiger partial charge is 0.165 e.